The van der Waals surface area contributed by atoms with Crippen LogP contribution in [-0.2, 0) is 13.0 Å². The maximum atomic E-state index is 9.15. The van der Waals surface area contributed by atoms with Crippen LogP contribution in [0.4, 0.5) is 0 Å². The van der Waals surface area contributed by atoms with E-state index in [0.29, 0.717) is 18.8 Å². The van der Waals surface area contributed by atoms with Crippen molar-refractivity contribution in [3.05, 3.63) is 59.7 Å². The molecule has 3 aromatic heterocycles. The van der Waals surface area contributed by atoms with Crippen molar-refractivity contribution in [3.63, 3.8) is 0 Å². The predicted octanol–water partition coefficient (Wildman–Crippen LogP) is 1.85. The van der Waals surface area contributed by atoms with E-state index in [0.717, 1.165) is 23.0 Å². The van der Waals surface area contributed by atoms with E-state index in [9.17, 15) is 0 Å². The van der Waals surface area contributed by atoms with E-state index in [-0.39, 0.29) is 0 Å². The number of hydrogen-bond acceptors (Lipinski definition) is 4. The summed E-state index contributed by atoms with van der Waals surface area (Å²) in [5.41, 5.74) is 9.12. The van der Waals surface area contributed by atoms with Gasteiger partial charge in [-0.1, -0.05) is 6.07 Å². The summed E-state index contributed by atoms with van der Waals surface area (Å²) in [7, 11) is 0. The summed E-state index contributed by atoms with van der Waals surface area (Å²) in [5, 5.41) is 10.3. The summed E-state index contributed by atoms with van der Waals surface area (Å²) in [6, 6.07) is 9.88. The van der Waals surface area contributed by atoms with Crippen molar-refractivity contribution in [2.24, 2.45) is 5.73 Å². The third-order valence-corrected chi connectivity index (χ3v) is 3.47. The average Bonchev–Trinajstić information content (AvgIpc) is 2.87. The van der Waals surface area contributed by atoms with Crippen LogP contribution in [0.15, 0.2) is 42.9 Å². The largest absolute Gasteiger partial charge is 0.330 e. The highest BCUT2D eigenvalue weighted by Gasteiger charge is 2.11. The Morgan fingerprint density at radius 3 is 2.76 bits per heavy atom. The summed E-state index contributed by atoms with van der Waals surface area (Å²) >= 11 is 0. The number of nitriles is 1. The highest BCUT2D eigenvalue weighted by atomic mass is 15.0. The van der Waals surface area contributed by atoms with Crippen LogP contribution in [0.2, 0.25) is 0 Å². The topological polar surface area (TPSA) is 80.5 Å². The second kappa shape index (κ2) is 5.73. The summed E-state index contributed by atoms with van der Waals surface area (Å²) in [4.78, 5) is 8.56. The maximum Gasteiger partial charge on any atom is 0.145 e. The Morgan fingerprint density at radius 1 is 1.14 bits per heavy atom. The molecule has 21 heavy (non-hydrogen) atoms. The minimum absolute atomic E-state index is 0.454. The third-order valence-electron chi connectivity index (χ3n) is 3.47. The molecule has 0 aromatic carbocycles. The molecule has 0 radical (unpaired) electrons. The van der Waals surface area contributed by atoms with Crippen LogP contribution < -0.4 is 5.73 Å². The van der Waals surface area contributed by atoms with E-state index in [1.165, 1.54) is 5.56 Å². The SMILES string of the molecule is N#Cc1ncccc1Cn1cc(CCN)c2cccnc21. The van der Waals surface area contributed by atoms with Crippen molar-refractivity contribution in [2.45, 2.75) is 13.0 Å². The van der Waals surface area contributed by atoms with Gasteiger partial charge in [0.25, 0.3) is 0 Å². The van der Waals surface area contributed by atoms with Crippen molar-refractivity contribution in [3.8, 4) is 6.07 Å². The number of aromatic nitrogens is 3. The molecule has 0 aliphatic heterocycles. The first-order valence-corrected chi connectivity index (χ1v) is 6.80. The second-order valence-corrected chi connectivity index (χ2v) is 4.82. The van der Waals surface area contributed by atoms with Gasteiger partial charge < -0.3 is 10.3 Å². The molecule has 5 heteroatoms. The Balaban J connectivity index is 2.07. The lowest BCUT2D eigenvalue weighted by atomic mass is 10.2. The van der Waals surface area contributed by atoms with Gasteiger partial charge >= 0.3 is 0 Å². The first-order valence-electron chi connectivity index (χ1n) is 6.80. The lowest BCUT2D eigenvalue weighted by molar-refractivity contribution is 0.809. The second-order valence-electron chi connectivity index (χ2n) is 4.82. The molecule has 3 heterocycles. The van der Waals surface area contributed by atoms with Gasteiger partial charge in [-0.2, -0.15) is 5.26 Å². The van der Waals surface area contributed by atoms with Crippen LogP contribution in [0.5, 0.6) is 0 Å². The number of hydrogen-bond donors (Lipinski definition) is 1. The standard InChI is InChI=1S/C16H15N5/c17-6-5-12-10-21(16-14(12)4-2-8-20-16)11-13-3-1-7-19-15(13)9-18/h1-4,7-8,10H,5-6,11,17H2. The minimum Gasteiger partial charge on any atom is -0.330 e. The highest BCUT2D eigenvalue weighted by Crippen LogP contribution is 2.21. The van der Waals surface area contributed by atoms with E-state index < -0.39 is 0 Å². The normalized spacial score (nSPS) is 10.7. The fourth-order valence-electron chi connectivity index (χ4n) is 2.52. The van der Waals surface area contributed by atoms with Crippen LogP contribution in [0.25, 0.3) is 11.0 Å². The molecule has 5 nitrogen and oxygen atoms in total. The Morgan fingerprint density at radius 2 is 1.95 bits per heavy atom. The third kappa shape index (κ3) is 2.49. The zero-order valence-electron chi connectivity index (χ0n) is 11.5. The van der Waals surface area contributed by atoms with E-state index in [1.54, 1.807) is 12.4 Å². The molecule has 0 fully saturated rings. The van der Waals surface area contributed by atoms with Gasteiger partial charge in [-0.15, -0.1) is 0 Å². The number of fused-ring (bicyclic) bond motifs is 1. The minimum atomic E-state index is 0.454. The molecule has 0 aliphatic carbocycles. The highest BCUT2D eigenvalue weighted by molar-refractivity contribution is 5.80. The van der Waals surface area contributed by atoms with Gasteiger partial charge in [0.05, 0.1) is 6.54 Å². The smallest absolute Gasteiger partial charge is 0.145 e. The van der Waals surface area contributed by atoms with E-state index in [2.05, 4.69) is 32.9 Å². The van der Waals surface area contributed by atoms with Crippen molar-refractivity contribution in [2.75, 3.05) is 6.54 Å². The zero-order valence-corrected chi connectivity index (χ0v) is 11.5. The van der Waals surface area contributed by atoms with Crippen molar-refractivity contribution in [1.82, 2.24) is 14.5 Å². The molecular formula is C16H15N5. The van der Waals surface area contributed by atoms with Crippen molar-refractivity contribution < 1.29 is 0 Å². The molecule has 0 saturated carbocycles. The molecular weight excluding hydrogens is 262 g/mol. The molecule has 3 rings (SSSR count). The van der Waals surface area contributed by atoms with Gasteiger partial charge in [-0.3, -0.25) is 0 Å². The van der Waals surface area contributed by atoms with Gasteiger partial charge in [0, 0.05) is 29.5 Å². The van der Waals surface area contributed by atoms with Gasteiger partial charge in [-0.05, 0) is 36.7 Å². The zero-order chi connectivity index (χ0) is 14.7. The fraction of sp³-hybridized carbons (Fsp3) is 0.188. The van der Waals surface area contributed by atoms with Crippen LogP contribution in [0.1, 0.15) is 16.8 Å². The number of pyridine rings is 2. The summed E-state index contributed by atoms with van der Waals surface area (Å²) in [6.07, 6.45) is 6.29. The van der Waals surface area contributed by atoms with Gasteiger partial charge in [0.2, 0.25) is 0 Å². The Labute approximate surface area is 122 Å². The molecule has 0 spiro atoms. The summed E-state index contributed by atoms with van der Waals surface area (Å²) in [6.45, 7) is 1.18. The van der Waals surface area contributed by atoms with Crippen LogP contribution in [0.3, 0.4) is 0 Å². The Bertz CT molecular complexity index is 813. The van der Waals surface area contributed by atoms with E-state index in [4.69, 9.17) is 11.0 Å². The number of nitrogens with two attached hydrogens (primary N) is 1. The van der Waals surface area contributed by atoms with Crippen LogP contribution in [0, 0.1) is 11.3 Å². The lowest BCUT2D eigenvalue weighted by Crippen LogP contribution is -2.03. The molecule has 0 amide bonds. The van der Waals surface area contributed by atoms with E-state index >= 15 is 0 Å². The summed E-state index contributed by atoms with van der Waals surface area (Å²) < 4.78 is 2.05. The van der Waals surface area contributed by atoms with Crippen molar-refractivity contribution in [1.29, 1.82) is 5.26 Å². The lowest BCUT2D eigenvalue weighted by Gasteiger charge is -2.05. The molecule has 0 unspecified atom stereocenters. The average molecular weight is 277 g/mol. The molecule has 0 atom stereocenters. The molecule has 0 aliphatic rings. The Kier molecular flexibility index (Phi) is 3.63. The van der Waals surface area contributed by atoms with Crippen LogP contribution >= 0.6 is 0 Å². The Hall–Kier alpha value is -2.71. The fourth-order valence-corrected chi connectivity index (χ4v) is 2.52. The molecule has 0 bridgehead atoms. The first kappa shape index (κ1) is 13.3. The van der Waals surface area contributed by atoms with E-state index in [1.807, 2.05) is 18.2 Å². The van der Waals surface area contributed by atoms with Gasteiger partial charge in [-0.25, -0.2) is 9.97 Å². The quantitative estimate of drug-likeness (QED) is 0.789. The predicted molar refractivity (Wildman–Crippen MR) is 80.5 cm³/mol. The molecule has 2 N–H and O–H groups in total. The monoisotopic (exact) mass is 277 g/mol. The van der Waals surface area contributed by atoms with Crippen molar-refractivity contribution >= 4 is 11.0 Å². The number of rotatable bonds is 4. The summed E-state index contributed by atoms with van der Waals surface area (Å²) in [5.74, 6) is 0. The molecule has 0 saturated heterocycles. The first-order chi connectivity index (χ1) is 10.3. The number of nitrogens with zero attached hydrogens (tertiary/aromatic N) is 4. The van der Waals surface area contributed by atoms with Gasteiger partial charge in [0.1, 0.15) is 17.4 Å². The van der Waals surface area contributed by atoms with Crippen LogP contribution in [-0.4, -0.2) is 21.1 Å². The van der Waals surface area contributed by atoms with Gasteiger partial charge in [0.15, 0.2) is 0 Å². The maximum absolute atomic E-state index is 9.15. The molecule has 3 aromatic rings. The molecule has 104 valence electrons.